The molecule has 1 unspecified atom stereocenters. The van der Waals surface area contributed by atoms with E-state index in [0.29, 0.717) is 6.04 Å². The lowest BCUT2D eigenvalue weighted by Crippen LogP contribution is -2.37. The summed E-state index contributed by atoms with van der Waals surface area (Å²) in [6, 6.07) is 6.39. The zero-order valence-corrected chi connectivity index (χ0v) is 11.8. The third-order valence-electron chi connectivity index (χ3n) is 3.25. The van der Waals surface area contributed by atoms with Crippen LogP contribution >= 0.6 is 0 Å². The van der Waals surface area contributed by atoms with Crippen molar-refractivity contribution in [2.75, 3.05) is 7.05 Å². The van der Waals surface area contributed by atoms with Crippen LogP contribution in [0.4, 0.5) is 0 Å². The van der Waals surface area contributed by atoms with Crippen LogP contribution in [-0.4, -0.2) is 25.1 Å². The zero-order chi connectivity index (χ0) is 13.8. The Labute approximate surface area is 114 Å². The van der Waals surface area contributed by atoms with Gasteiger partial charge in [-0.3, -0.25) is 4.79 Å². The number of hydrogen-bond acceptors (Lipinski definition) is 3. The third-order valence-corrected chi connectivity index (χ3v) is 3.25. The summed E-state index contributed by atoms with van der Waals surface area (Å²) in [6.07, 6.45) is 1.72. The maximum Gasteiger partial charge on any atom is 0.260 e. The van der Waals surface area contributed by atoms with Crippen LogP contribution in [0.25, 0.3) is 0 Å². The number of carbonyl (C=O) groups excluding carboxylic acids is 1. The van der Waals surface area contributed by atoms with Crippen molar-refractivity contribution < 1.29 is 9.53 Å². The van der Waals surface area contributed by atoms with Gasteiger partial charge in [0.25, 0.3) is 5.91 Å². The van der Waals surface area contributed by atoms with E-state index < -0.39 is 6.10 Å². The second-order valence-electron chi connectivity index (χ2n) is 5.14. The summed E-state index contributed by atoms with van der Waals surface area (Å²) in [6.45, 7) is 4.53. The van der Waals surface area contributed by atoms with Crippen LogP contribution in [-0.2, 0) is 11.3 Å². The Morgan fingerprint density at radius 3 is 2.84 bits per heavy atom. The SMILES string of the molecule is CNCc1cccc(C)c1OC(C)C(=O)NC1CC1. The number of amides is 1. The minimum absolute atomic E-state index is 0.0267. The Morgan fingerprint density at radius 1 is 1.47 bits per heavy atom. The van der Waals surface area contributed by atoms with Gasteiger partial charge in [-0.15, -0.1) is 0 Å². The first-order valence-electron chi connectivity index (χ1n) is 6.82. The van der Waals surface area contributed by atoms with Crippen molar-refractivity contribution in [1.29, 1.82) is 0 Å². The van der Waals surface area contributed by atoms with E-state index in [1.54, 1.807) is 6.92 Å². The largest absolute Gasteiger partial charge is 0.480 e. The van der Waals surface area contributed by atoms with Crippen LogP contribution in [0.5, 0.6) is 5.75 Å². The minimum Gasteiger partial charge on any atom is -0.480 e. The molecule has 0 aliphatic heterocycles. The van der Waals surface area contributed by atoms with Gasteiger partial charge in [-0.1, -0.05) is 18.2 Å². The Morgan fingerprint density at radius 2 is 2.21 bits per heavy atom. The average molecular weight is 262 g/mol. The van der Waals surface area contributed by atoms with E-state index in [9.17, 15) is 4.79 Å². The molecule has 1 fully saturated rings. The lowest BCUT2D eigenvalue weighted by Gasteiger charge is -2.19. The predicted molar refractivity (Wildman–Crippen MR) is 75.2 cm³/mol. The molecule has 0 saturated heterocycles. The molecule has 0 bridgehead atoms. The lowest BCUT2D eigenvalue weighted by molar-refractivity contribution is -0.127. The van der Waals surface area contributed by atoms with Crippen molar-refractivity contribution in [3.63, 3.8) is 0 Å². The summed E-state index contributed by atoms with van der Waals surface area (Å²) in [5.74, 6) is 0.788. The van der Waals surface area contributed by atoms with E-state index >= 15 is 0 Å². The van der Waals surface area contributed by atoms with Gasteiger partial charge in [0.2, 0.25) is 0 Å². The van der Waals surface area contributed by atoms with Crippen molar-refractivity contribution in [1.82, 2.24) is 10.6 Å². The summed E-state index contributed by atoms with van der Waals surface area (Å²) in [5.41, 5.74) is 2.13. The number of aryl methyl sites for hydroxylation is 1. The molecule has 2 N–H and O–H groups in total. The highest BCUT2D eigenvalue weighted by atomic mass is 16.5. The molecule has 1 amide bonds. The zero-order valence-electron chi connectivity index (χ0n) is 11.8. The average Bonchev–Trinajstić information content (AvgIpc) is 3.17. The molecule has 1 saturated carbocycles. The number of hydrogen-bond donors (Lipinski definition) is 2. The molecule has 19 heavy (non-hydrogen) atoms. The normalized spacial score (nSPS) is 15.9. The van der Waals surface area contributed by atoms with Gasteiger partial charge >= 0.3 is 0 Å². The molecule has 104 valence electrons. The molecule has 0 heterocycles. The molecule has 1 aliphatic carbocycles. The van der Waals surface area contributed by atoms with Gasteiger partial charge < -0.3 is 15.4 Å². The minimum atomic E-state index is -0.461. The molecule has 1 aliphatic rings. The van der Waals surface area contributed by atoms with Crippen molar-refractivity contribution in [2.45, 2.75) is 45.4 Å². The van der Waals surface area contributed by atoms with Crippen molar-refractivity contribution in [3.8, 4) is 5.75 Å². The van der Waals surface area contributed by atoms with Crippen LogP contribution in [0.2, 0.25) is 0 Å². The number of rotatable bonds is 6. The van der Waals surface area contributed by atoms with Gasteiger partial charge in [0.05, 0.1) is 0 Å². The van der Waals surface area contributed by atoms with Crippen molar-refractivity contribution >= 4 is 5.91 Å². The molecule has 0 radical (unpaired) electrons. The van der Waals surface area contributed by atoms with Crippen LogP contribution in [0.15, 0.2) is 18.2 Å². The molecule has 0 spiro atoms. The summed E-state index contributed by atoms with van der Waals surface area (Å²) in [4.78, 5) is 11.9. The van der Waals surface area contributed by atoms with Gasteiger partial charge in [-0.05, 0) is 39.3 Å². The number of carbonyl (C=O) groups is 1. The van der Waals surface area contributed by atoms with E-state index in [1.165, 1.54) is 0 Å². The highest BCUT2D eigenvalue weighted by molar-refractivity contribution is 5.81. The molecule has 0 aromatic heterocycles. The maximum absolute atomic E-state index is 11.9. The first kappa shape index (κ1) is 13.9. The predicted octanol–water partition coefficient (Wildman–Crippen LogP) is 1.76. The smallest absolute Gasteiger partial charge is 0.260 e. The van der Waals surface area contributed by atoms with Crippen LogP contribution in [0, 0.1) is 6.92 Å². The fourth-order valence-electron chi connectivity index (χ4n) is 1.99. The molecular weight excluding hydrogens is 240 g/mol. The summed E-state index contributed by atoms with van der Waals surface area (Å²) in [7, 11) is 1.90. The summed E-state index contributed by atoms with van der Waals surface area (Å²) in [5, 5.41) is 6.08. The molecule has 2 rings (SSSR count). The molecular formula is C15H22N2O2. The van der Waals surface area contributed by atoms with E-state index in [1.807, 2.05) is 32.2 Å². The summed E-state index contributed by atoms with van der Waals surface area (Å²) >= 11 is 0. The fraction of sp³-hybridized carbons (Fsp3) is 0.533. The topological polar surface area (TPSA) is 50.4 Å². The van der Waals surface area contributed by atoms with Gasteiger partial charge in [0.15, 0.2) is 6.10 Å². The van der Waals surface area contributed by atoms with E-state index in [4.69, 9.17) is 4.74 Å². The molecule has 1 atom stereocenters. The van der Waals surface area contributed by atoms with Gasteiger partial charge in [0.1, 0.15) is 5.75 Å². The van der Waals surface area contributed by atoms with Crippen LogP contribution in [0.3, 0.4) is 0 Å². The molecule has 4 nitrogen and oxygen atoms in total. The molecule has 1 aromatic carbocycles. The van der Waals surface area contributed by atoms with Gasteiger partial charge in [-0.2, -0.15) is 0 Å². The fourth-order valence-corrected chi connectivity index (χ4v) is 1.99. The number of nitrogens with one attached hydrogen (secondary N) is 2. The first-order valence-corrected chi connectivity index (χ1v) is 6.82. The van der Waals surface area contributed by atoms with Crippen molar-refractivity contribution in [3.05, 3.63) is 29.3 Å². The highest BCUT2D eigenvalue weighted by Gasteiger charge is 2.26. The molecule has 4 heteroatoms. The van der Waals surface area contributed by atoms with Crippen molar-refractivity contribution in [2.24, 2.45) is 0 Å². The Hall–Kier alpha value is -1.55. The second kappa shape index (κ2) is 6.06. The number of para-hydroxylation sites is 1. The van der Waals surface area contributed by atoms with Crippen LogP contribution in [0.1, 0.15) is 30.9 Å². The number of ether oxygens (including phenoxy) is 1. The highest BCUT2D eigenvalue weighted by Crippen LogP contribution is 2.25. The van der Waals surface area contributed by atoms with Crippen LogP contribution < -0.4 is 15.4 Å². The third kappa shape index (κ3) is 3.70. The Bertz CT molecular complexity index is 455. The summed E-state index contributed by atoms with van der Waals surface area (Å²) < 4.78 is 5.87. The standard InChI is InChI=1S/C15H22N2O2/c1-10-5-4-6-12(9-16-3)14(10)19-11(2)15(18)17-13-7-8-13/h4-6,11,13,16H,7-9H2,1-3H3,(H,17,18). The first-order chi connectivity index (χ1) is 9.11. The maximum atomic E-state index is 11.9. The lowest BCUT2D eigenvalue weighted by atomic mass is 10.1. The van der Waals surface area contributed by atoms with E-state index in [0.717, 1.165) is 36.3 Å². The number of benzene rings is 1. The molecule has 1 aromatic rings. The monoisotopic (exact) mass is 262 g/mol. The van der Waals surface area contributed by atoms with Gasteiger partial charge in [-0.25, -0.2) is 0 Å². The quantitative estimate of drug-likeness (QED) is 0.821. The van der Waals surface area contributed by atoms with Gasteiger partial charge in [0, 0.05) is 18.2 Å². The Kier molecular flexibility index (Phi) is 4.43. The van der Waals surface area contributed by atoms with E-state index in [2.05, 4.69) is 10.6 Å². The van der Waals surface area contributed by atoms with E-state index in [-0.39, 0.29) is 5.91 Å². The second-order valence-corrected chi connectivity index (χ2v) is 5.14. The Balaban J connectivity index is 2.05.